The summed E-state index contributed by atoms with van der Waals surface area (Å²) in [5, 5.41) is 30.9. The van der Waals surface area contributed by atoms with E-state index in [2.05, 4.69) is 20.2 Å². The molecule has 4 aromatic rings. The van der Waals surface area contributed by atoms with Crippen LogP contribution < -0.4 is 0 Å². The Labute approximate surface area is 198 Å². The van der Waals surface area contributed by atoms with Gasteiger partial charge in [-0.1, -0.05) is 6.07 Å². The van der Waals surface area contributed by atoms with Crippen LogP contribution in [0.4, 0.5) is 14.5 Å². The fourth-order valence-electron chi connectivity index (χ4n) is 3.73. The van der Waals surface area contributed by atoms with Crippen molar-refractivity contribution in [1.29, 1.82) is 0 Å². The highest BCUT2D eigenvalue weighted by molar-refractivity contribution is 5.69. The highest BCUT2D eigenvalue weighted by atomic mass is 19.1. The summed E-state index contributed by atoms with van der Waals surface area (Å²) in [6.45, 7) is 3.21. The zero-order valence-corrected chi connectivity index (χ0v) is 18.8. The molecule has 0 radical (unpaired) electrons. The molecule has 0 saturated carbocycles. The number of aliphatic hydroxyl groups is 1. The number of pyridine rings is 1. The molecule has 0 aliphatic rings. The van der Waals surface area contributed by atoms with E-state index in [1.54, 1.807) is 38.4 Å². The van der Waals surface area contributed by atoms with Gasteiger partial charge < -0.3 is 5.11 Å². The molecule has 3 aromatic heterocycles. The van der Waals surface area contributed by atoms with Crippen molar-refractivity contribution in [3.8, 4) is 0 Å². The lowest BCUT2D eigenvalue weighted by Gasteiger charge is -2.34. The van der Waals surface area contributed by atoms with E-state index in [1.165, 1.54) is 40.3 Å². The molecule has 0 unspecified atom stereocenters. The molecule has 10 nitrogen and oxygen atoms in total. The van der Waals surface area contributed by atoms with E-state index >= 15 is 0 Å². The molecular weight excluding hydrogens is 460 g/mol. The van der Waals surface area contributed by atoms with E-state index in [-0.39, 0.29) is 17.8 Å². The maximum Gasteiger partial charge on any atom is 0.287 e. The van der Waals surface area contributed by atoms with Crippen LogP contribution in [0.2, 0.25) is 0 Å². The number of hydrogen-bond donors (Lipinski definition) is 1. The second kappa shape index (κ2) is 9.50. The van der Waals surface area contributed by atoms with Crippen LogP contribution in [0, 0.1) is 28.7 Å². The summed E-state index contributed by atoms with van der Waals surface area (Å²) in [5.74, 6) is -1.66. The van der Waals surface area contributed by atoms with Crippen LogP contribution in [0.15, 0.2) is 55.5 Å². The number of benzene rings is 1. The molecule has 180 valence electrons. The third-order valence-corrected chi connectivity index (χ3v) is 5.73. The zero-order chi connectivity index (χ0) is 25.2. The SMILES string of the molecule is Cc1cc([N+](=O)[O-])cnc1C=Cc1cnn([C@H](C)[C@](O)(Cn2cncn2)c2ccc(F)cc2F)c1. The van der Waals surface area contributed by atoms with Gasteiger partial charge in [-0.25, -0.2) is 23.4 Å². The first kappa shape index (κ1) is 23.8. The Hall–Kier alpha value is -4.32. The third-order valence-electron chi connectivity index (χ3n) is 5.73. The van der Waals surface area contributed by atoms with Crippen molar-refractivity contribution in [1.82, 2.24) is 29.5 Å². The molecule has 0 fully saturated rings. The molecule has 3 heterocycles. The van der Waals surface area contributed by atoms with Crippen LogP contribution in [0.3, 0.4) is 0 Å². The maximum absolute atomic E-state index is 14.7. The standard InChI is InChI=1S/C23H21F2N7O3/c1-15-7-19(32(34)35)10-27-22(15)6-3-17-9-28-31(11-17)16(2)23(33,12-30-14-26-13-29-30)20-5-4-18(24)8-21(20)25/h3-11,13-14,16,33H,12H2,1-2H3/t16-,23-/m1/s1. The van der Waals surface area contributed by atoms with Crippen molar-refractivity contribution in [2.75, 3.05) is 0 Å². The van der Waals surface area contributed by atoms with Gasteiger partial charge in [0.25, 0.3) is 5.69 Å². The molecule has 0 saturated heterocycles. The molecule has 0 aliphatic carbocycles. The smallest absolute Gasteiger partial charge is 0.287 e. The van der Waals surface area contributed by atoms with Crippen LogP contribution in [-0.4, -0.2) is 39.6 Å². The quantitative estimate of drug-likeness (QED) is 0.301. The maximum atomic E-state index is 14.7. The van der Waals surface area contributed by atoms with E-state index in [0.717, 1.165) is 6.07 Å². The molecule has 0 aliphatic heterocycles. The summed E-state index contributed by atoms with van der Waals surface area (Å²) < 4.78 is 31.1. The molecule has 12 heteroatoms. The fourth-order valence-corrected chi connectivity index (χ4v) is 3.73. The highest BCUT2D eigenvalue weighted by Gasteiger charge is 2.40. The number of nitro groups is 1. The third kappa shape index (κ3) is 4.96. The number of aromatic nitrogens is 6. The number of nitrogens with zero attached hydrogens (tertiary/aromatic N) is 7. The normalized spacial score (nSPS) is 14.2. The van der Waals surface area contributed by atoms with E-state index in [0.29, 0.717) is 22.9 Å². The molecule has 2 atom stereocenters. The minimum atomic E-state index is -1.85. The summed E-state index contributed by atoms with van der Waals surface area (Å²) in [5.41, 5.74) is -0.229. The predicted molar refractivity (Wildman–Crippen MR) is 122 cm³/mol. The second-order valence-electron chi connectivity index (χ2n) is 8.06. The Balaban J connectivity index is 1.64. The zero-order valence-electron chi connectivity index (χ0n) is 18.8. The number of hydrogen-bond acceptors (Lipinski definition) is 7. The monoisotopic (exact) mass is 481 g/mol. The largest absolute Gasteiger partial charge is 0.381 e. The Morgan fingerprint density at radius 2 is 2.03 bits per heavy atom. The van der Waals surface area contributed by atoms with Crippen LogP contribution in [0.5, 0.6) is 0 Å². The van der Waals surface area contributed by atoms with E-state index in [9.17, 15) is 24.0 Å². The summed E-state index contributed by atoms with van der Waals surface area (Å²) >= 11 is 0. The Morgan fingerprint density at radius 3 is 2.69 bits per heavy atom. The Morgan fingerprint density at radius 1 is 1.23 bits per heavy atom. The van der Waals surface area contributed by atoms with Gasteiger partial charge in [-0.2, -0.15) is 10.2 Å². The summed E-state index contributed by atoms with van der Waals surface area (Å²) in [7, 11) is 0. The van der Waals surface area contributed by atoms with Crippen molar-refractivity contribution in [3.63, 3.8) is 0 Å². The van der Waals surface area contributed by atoms with Gasteiger partial charge in [0.15, 0.2) is 0 Å². The van der Waals surface area contributed by atoms with Gasteiger partial charge in [0.2, 0.25) is 0 Å². The average Bonchev–Trinajstić information content (AvgIpc) is 3.49. The van der Waals surface area contributed by atoms with Crippen LogP contribution >= 0.6 is 0 Å². The van der Waals surface area contributed by atoms with Crippen molar-refractivity contribution < 1.29 is 18.8 Å². The molecule has 0 amide bonds. The lowest BCUT2D eigenvalue weighted by molar-refractivity contribution is -0.385. The minimum absolute atomic E-state index is 0.0963. The van der Waals surface area contributed by atoms with Gasteiger partial charge in [0.1, 0.15) is 36.1 Å². The number of halogens is 2. The van der Waals surface area contributed by atoms with Crippen LogP contribution in [-0.2, 0) is 12.1 Å². The molecule has 0 bridgehead atoms. The van der Waals surface area contributed by atoms with Gasteiger partial charge in [0.05, 0.1) is 29.4 Å². The molecule has 0 spiro atoms. The fraction of sp³-hybridized carbons (Fsp3) is 0.217. The molecule has 1 aromatic carbocycles. The van der Waals surface area contributed by atoms with Gasteiger partial charge >= 0.3 is 0 Å². The number of rotatable bonds is 8. The van der Waals surface area contributed by atoms with E-state index < -0.39 is 28.2 Å². The Kier molecular flexibility index (Phi) is 6.47. The van der Waals surface area contributed by atoms with Gasteiger partial charge in [0, 0.05) is 29.5 Å². The van der Waals surface area contributed by atoms with Crippen molar-refractivity contribution in [2.45, 2.75) is 32.0 Å². The second-order valence-corrected chi connectivity index (χ2v) is 8.06. The van der Waals surface area contributed by atoms with E-state index in [4.69, 9.17) is 0 Å². The summed E-state index contributed by atoms with van der Waals surface area (Å²) in [6, 6.07) is 3.62. The first-order chi connectivity index (χ1) is 16.7. The van der Waals surface area contributed by atoms with Gasteiger partial charge in [-0.05, 0) is 37.6 Å². The molecule has 4 rings (SSSR count). The lowest BCUT2D eigenvalue weighted by atomic mass is 9.86. The lowest BCUT2D eigenvalue weighted by Crippen LogP contribution is -2.40. The Bertz CT molecular complexity index is 1390. The molecule has 35 heavy (non-hydrogen) atoms. The van der Waals surface area contributed by atoms with Gasteiger partial charge in [-0.3, -0.25) is 14.8 Å². The van der Waals surface area contributed by atoms with Gasteiger partial charge in [-0.15, -0.1) is 0 Å². The molecule has 1 N–H and O–H groups in total. The van der Waals surface area contributed by atoms with Crippen LogP contribution in [0.25, 0.3) is 12.2 Å². The first-order valence-corrected chi connectivity index (χ1v) is 10.5. The van der Waals surface area contributed by atoms with Crippen molar-refractivity contribution in [3.05, 3.63) is 99.6 Å². The summed E-state index contributed by atoms with van der Waals surface area (Å²) in [6.07, 6.45) is 10.5. The van der Waals surface area contributed by atoms with Crippen molar-refractivity contribution in [2.24, 2.45) is 0 Å². The highest BCUT2D eigenvalue weighted by Crippen LogP contribution is 2.36. The summed E-state index contributed by atoms with van der Waals surface area (Å²) in [4.78, 5) is 18.4. The molecular formula is C23H21F2N7O3. The van der Waals surface area contributed by atoms with E-state index in [1.807, 2.05) is 0 Å². The number of aryl methyl sites for hydroxylation is 1. The topological polar surface area (TPSA) is 125 Å². The van der Waals surface area contributed by atoms with Crippen LogP contribution in [0.1, 0.15) is 35.3 Å². The average molecular weight is 481 g/mol. The minimum Gasteiger partial charge on any atom is -0.381 e. The van der Waals surface area contributed by atoms with Crippen molar-refractivity contribution >= 4 is 17.8 Å². The predicted octanol–water partition coefficient (Wildman–Crippen LogP) is 3.68. The first-order valence-electron chi connectivity index (χ1n) is 10.5.